The predicted molar refractivity (Wildman–Crippen MR) is 115 cm³/mol. The Hall–Kier alpha value is -2.89. The number of anilines is 1. The quantitative estimate of drug-likeness (QED) is 0.439. The summed E-state index contributed by atoms with van der Waals surface area (Å²) in [6.45, 7) is 1.71. The summed E-state index contributed by atoms with van der Waals surface area (Å²) in [6.07, 6.45) is -0.662. The lowest BCUT2D eigenvalue weighted by Gasteiger charge is -2.16. The van der Waals surface area contributed by atoms with Gasteiger partial charge in [0, 0.05) is 10.6 Å². The number of nitrogens with one attached hydrogen (secondary N) is 1. The van der Waals surface area contributed by atoms with Crippen LogP contribution in [0.2, 0.25) is 5.02 Å². The minimum absolute atomic E-state index is 0.233. The number of rotatable bonds is 5. The lowest BCUT2D eigenvalue weighted by molar-refractivity contribution is -0.122. The zero-order chi connectivity index (χ0) is 19.5. The average Bonchev–Trinajstić information content (AvgIpc) is 3.14. The molecule has 4 nitrogen and oxygen atoms in total. The molecule has 1 unspecified atom stereocenters. The van der Waals surface area contributed by atoms with E-state index in [1.165, 1.54) is 0 Å². The van der Waals surface area contributed by atoms with E-state index in [1.807, 2.05) is 48.5 Å². The van der Waals surface area contributed by atoms with Crippen molar-refractivity contribution < 1.29 is 9.53 Å². The molecule has 0 aliphatic heterocycles. The van der Waals surface area contributed by atoms with Crippen molar-refractivity contribution in [1.82, 2.24) is 4.98 Å². The number of ether oxygens (including phenoxy) is 1. The fourth-order valence-corrected chi connectivity index (χ4v) is 3.90. The van der Waals surface area contributed by atoms with Gasteiger partial charge < -0.3 is 10.1 Å². The van der Waals surface area contributed by atoms with Crippen LogP contribution in [0.1, 0.15) is 6.92 Å². The molecule has 0 aliphatic rings. The van der Waals surface area contributed by atoms with Gasteiger partial charge in [0.05, 0.1) is 15.9 Å². The number of carbonyl (C=O) groups excluding carboxylic acids is 1. The van der Waals surface area contributed by atoms with Gasteiger partial charge in [0.15, 0.2) is 6.10 Å². The Balaban J connectivity index is 1.54. The van der Waals surface area contributed by atoms with E-state index in [-0.39, 0.29) is 5.91 Å². The molecule has 140 valence electrons. The fourth-order valence-electron chi connectivity index (χ4n) is 2.77. The molecule has 1 aromatic heterocycles. The molecule has 6 heteroatoms. The van der Waals surface area contributed by atoms with E-state index < -0.39 is 6.10 Å². The highest BCUT2D eigenvalue weighted by molar-refractivity contribution is 7.21. The molecule has 0 aliphatic carbocycles. The second-order valence-electron chi connectivity index (χ2n) is 6.24. The Labute approximate surface area is 171 Å². The van der Waals surface area contributed by atoms with E-state index in [0.717, 1.165) is 20.8 Å². The molecule has 28 heavy (non-hydrogen) atoms. The third kappa shape index (κ3) is 4.01. The van der Waals surface area contributed by atoms with Crippen LogP contribution >= 0.6 is 22.9 Å². The molecular weight excluding hydrogens is 392 g/mol. The number of hydrogen-bond acceptors (Lipinski definition) is 4. The van der Waals surface area contributed by atoms with Crippen molar-refractivity contribution >= 4 is 44.7 Å². The van der Waals surface area contributed by atoms with Gasteiger partial charge in [-0.15, -0.1) is 11.3 Å². The monoisotopic (exact) mass is 408 g/mol. The molecule has 1 heterocycles. The molecule has 0 saturated heterocycles. The Kier molecular flexibility index (Phi) is 5.28. The van der Waals surface area contributed by atoms with E-state index in [2.05, 4.69) is 5.32 Å². The smallest absolute Gasteiger partial charge is 0.265 e. The van der Waals surface area contributed by atoms with Crippen molar-refractivity contribution in [2.75, 3.05) is 5.32 Å². The molecule has 4 aromatic rings. The van der Waals surface area contributed by atoms with E-state index in [4.69, 9.17) is 21.3 Å². The van der Waals surface area contributed by atoms with Crippen molar-refractivity contribution in [1.29, 1.82) is 0 Å². The number of thiazole rings is 1. The van der Waals surface area contributed by atoms with Crippen LogP contribution in [0.4, 0.5) is 5.69 Å². The summed E-state index contributed by atoms with van der Waals surface area (Å²) in [5.41, 5.74) is 2.54. The van der Waals surface area contributed by atoms with Gasteiger partial charge in [-0.2, -0.15) is 0 Å². The topological polar surface area (TPSA) is 51.2 Å². The summed E-state index contributed by atoms with van der Waals surface area (Å²) in [5.74, 6) is 0.356. The molecule has 4 rings (SSSR count). The van der Waals surface area contributed by atoms with Gasteiger partial charge in [-0.1, -0.05) is 35.9 Å². The second kappa shape index (κ2) is 8.00. The third-order valence-corrected chi connectivity index (χ3v) is 5.53. The number of para-hydroxylation sites is 2. The van der Waals surface area contributed by atoms with E-state index in [1.54, 1.807) is 42.5 Å². The lowest BCUT2D eigenvalue weighted by atomic mass is 10.2. The van der Waals surface area contributed by atoms with Gasteiger partial charge in [0.2, 0.25) is 0 Å². The average molecular weight is 409 g/mol. The molecule has 0 spiro atoms. The van der Waals surface area contributed by atoms with Gasteiger partial charge in [-0.05, 0) is 55.5 Å². The van der Waals surface area contributed by atoms with Crippen molar-refractivity contribution in [2.45, 2.75) is 13.0 Å². The Morgan fingerprint density at radius 2 is 1.75 bits per heavy atom. The molecule has 1 amide bonds. The maximum atomic E-state index is 12.7. The van der Waals surface area contributed by atoms with Crippen LogP contribution in [0.25, 0.3) is 20.8 Å². The number of nitrogens with zero attached hydrogens (tertiary/aromatic N) is 1. The summed E-state index contributed by atoms with van der Waals surface area (Å²) in [5, 5.41) is 4.45. The van der Waals surface area contributed by atoms with Crippen LogP contribution in [0.15, 0.2) is 72.8 Å². The highest BCUT2D eigenvalue weighted by Gasteiger charge is 2.18. The van der Waals surface area contributed by atoms with Gasteiger partial charge >= 0.3 is 0 Å². The summed E-state index contributed by atoms with van der Waals surface area (Å²) >= 11 is 7.48. The van der Waals surface area contributed by atoms with E-state index >= 15 is 0 Å². The number of halogens is 1. The first-order valence-electron chi connectivity index (χ1n) is 8.78. The molecule has 1 atom stereocenters. The molecular formula is C22H17ClN2O2S. The zero-order valence-electron chi connectivity index (χ0n) is 15.1. The van der Waals surface area contributed by atoms with Crippen molar-refractivity contribution in [3.63, 3.8) is 0 Å². The van der Waals surface area contributed by atoms with Gasteiger partial charge in [-0.25, -0.2) is 4.98 Å². The lowest BCUT2D eigenvalue weighted by Crippen LogP contribution is -2.30. The van der Waals surface area contributed by atoms with E-state index in [0.29, 0.717) is 16.5 Å². The number of benzene rings is 3. The van der Waals surface area contributed by atoms with Crippen LogP contribution in [-0.4, -0.2) is 17.0 Å². The Morgan fingerprint density at radius 1 is 1.04 bits per heavy atom. The zero-order valence-corrected chi connectivity index (χ0v) is 16.6. The summed E-state index contributed by atoms with van der Waals surface area (Å²) < 4.78 is 6.82. The molecule has 0 saturated carbocycles. The number of fused-ring (bicyclic) bond motifs is 1. The molecule has 0 radical (unpaired) electrons. The fraction of sp³-hybridized carbons (Fsp3) is 0.0909. The predicted octanol–water partition coefficient (Wildman–Crippen LogP) is 6.02. The summed E-state index contributed by atoms with van der Waals surface area (Å²) in [4.78, 5) is 17.4. The Morgan fingerprint density at radius 3 is 2.54 bits per heavy atom. The van der Waals surface area contributed by atoms with Crippen LogP contribution in [0, 0.1) is 0 Å². The number of amides is 1. The largest absolute Gasteiger partial charge is 0.481 e. The minimum atomic E-state index is -0.662. The first-order chi connectivity index (χ1) is 13.6. The molecule has 3 aromatic carbocycles. The second-order valence-corrected chi connectivity index (χ2v) is 7.70. The number of carbonyl (C=O) groups is 1. The van der Waals surface area contributed by atoms with Crippen LogP contribution in [0.5, 0.6) is 5.75 Å². The maximum Gasteiger partial charge on any atom is 0.265 e. The molecule has 0 fully saturated rings. The number of aromatic nitrogens is 1. The van der Waals surface area contributed by atoms with Crippen molar-refractivity contribution in [3.8, 4) is 16.3 Å². The first-order valence-corrected chi connectivity index (χ1v) is 9.97. The highest BCUT2D eigenvalue weighted by Crippen LogP contribution is 2.34. The van der Waals surface area contributed by atoms with Crippen molar-refractivity contribution in [2.24, 2.45) is 0 Å². The minimum Gasteiger partial charge on any atom is -0.481 e. The van der Waals surface area contributed by atoms with Crippen LogP contribution in [0.3, 0.4) is 0 Å². The molecule has 1 N–H and O–H groups in total. The highest BCUT2D eigenvalue weighted by atomic mass is 35.5. The maximum absolute atomic E-state index is 12.7. The summed E-state index contributed by atoms with van der Waals surface area (Å²) in [7, 11) is 0. The van der Waals surface area contributed by atoms with Gasteiger partial charge in [0.25, 0.3) is 5.91 Å². The summed E-state index contributed by atoms with van der Waals surface area (Å²) in [6, 6.07) is 22.6. The molecule has 0 bridgehead atoms. The van der Waals surface area contributed by atoms with E-state index in [9.17, 15) is 4.79 Å². The van der Waals surface area contributed by atoms with Crippen LogP contribution in [-0.2, 0) is 4.79 Å². The first kappa shape index (κ1) is 18.5. The third-order valence-electron chi connectivity index (χ3n) is 4.20. The SMILES string of the molecule is CC(Oc1ccc(Cl)cc1)C(=O)Nc1ccccc1-c1nc2ccccc2s1. The van der Waals surface area contributed by atoms with Gasteiger partial charge in [-0.3, -0.25) is 4.79 Å². The van der Waals surface area contributed by atoms with Crippen LogP contribution < -0.4 is 10.1 Å². The Bertz CT molecular complexity index is 1090. The normalized spacial score (nSPS) is 11.9. The van der Waals surface area contributed by atoms with Crippen molar-refractivity contribution in [3.05, 3.63) is 77.8 Å². The number of hydrogen-bond donors (Lipinski definition) is 1. The standard InChI is InChI=1S/C22H17ClN2O2S/c1-14(27-16-12-10-15(23)11-13-16)21(26)24-18-7-3-2-6-17(18)22-25-19-8-4-5-9-20(19)28-22/h2-14H,1H3,(H,24,26). The van der Waals surface area contributed by atoms with Gasteiger partial charge in [0.1, 0.15) is 10.8 Å².